The number of aliphatic hydroxyl groups excluding tert-OH is 1. The highest BCUT2D eigenvalue weighted by Gasteiger charge is 2.45. The van der Waals surface area contributed by atoms with Crippen LogP contribution in [0, 0.1) is 0 Å². The highest BCUT2D eigenvalue weighted by atomic mass is 16.5. The number of ketones is 1. The van der Waals surface area contributed by atoms with Crippen molar-refractivity contribution in [3.63, 3.8) is 0 Å². The lowest BCUT2D eigenvalue weighted by Gasteiger charge is -2.28. The van der Waals surface area contributed by atoms with Crippen LogP contribution in [0.1, 0.15) is 44.9 Å². The van der Waals surface area contributed by atoms with Gasteiger partial charge in [0.25, 0.3) is 11.7 Å². The molecule has 1 fully saturated rings. The Kier molecular flexibility index (Phi) is 7.70. The first kappa shape index (κ1) is 23.5. The zero-order chi connectivity index (χ0) is 23.3. The average Bonchev–Trinajstić information content (AvgIpc) is 3.05. The third-order valence-electron chi connectivity index (χ3n) is 5.71. The maximum atomic E-state index is 13.1. The fourth-order valence-corrected chi connectivity index (χ4v) is 4.00. The minimum Gasteiger partial charge on any atom is -0.507 e. The summed E-state index contributed by atoms with van der Waals surface area (Å²) in [6.07, 6.45) is 0.0404. The molecule has 2 aromatic rings. The molecule has 1 amide bonds. The zero-order valence-electron chi connectivity index (χ0n) is 19.2. The third-order valence-corrected chi connectivity index (χ3v) is 5.71. The Morgan fingerprint density at radius 1 is 1.03 bits per heavy atom. The number of rotatable bonds is 9. The quantitative estimate of drug-likeness (QED) is 0.362. The Hall–Kier alpha value is -3.12. The molecule has 170 valence electrons. The van der Waals surface area contributed by atoms with Gasteiger partial charge in [-0.1, -0.05) is 56.3 Å². The molecule has 0 unspecified atom stereocenters. The van der Waals surface area contributed by atoms with Gasteiger partial charge in [-0.15, -0.1) is 0 Å². The molecule has 32 heavy (non-hydrogen) atoms. The molecule has 0 aromatic heterocycles. The number of nitrogens with zero attached hydrogens (tertiary/aromatic N) is 2. The highest BCUT2D eigenvalue weighted by Crippen LogP contribution is 2.39. The van der Waals surface area contributed by atoms with Gasteiger partial charge in [0.05, 0.1) is 17.7 Å². The summed E-state index contributed by atoms with van der Waals surface area (Å²) in [6, 6.07) is 15.6. The smallest absolute Gasteiger partial charge is 0.295 e. The number of hydrogen-bond acceptors (Lipinski definition) is 5. The van der Waals surface area contributed by atoms with Crippen molar-refractivity contribution in [2.24, 2.45) is 0 Å². The van der Waals surface area contributed by atoms with Crippen LogP contribution in [0.2, 0.25) is 0 Å². The molecule has 0 saturated carbocycles. The number of ether oxygens (including phenoxy) is 1. The van der Waals surface area contributed by atoms with Crippen molar-refractivity contribution in [3.8, 4) is 5.75 Å². The number of benzene rings is 2. The predicted molar refractivity (Wildman–Crippen MR) is 125 cm³/mol. The van der Waals surface area contributed by atoms with Crippen molar-refractivity contribution in [2.45, 2.75) is 39.8 Å². The summed E-state index contributed by atoms with van der Waals surface area (Å²) in [4.78, 5) is 29.9. The number of amides is 1. The van der Waals surface area contributed by atoms with Crippen molar-refractivity contribution in [2.75, 3.05) is 26.2 Å². The second-order valence-electron chi connectivity index (χ2n) is 8.12. The van der Waals surface area contributed by atoms with Crippen LogP contribution in [0.25, 0.3) is 5.76 Å². The summed E-state index contributed by atoms with van der Waals surface area (Å²) >= 11 is 0. The molecule has 1 aliphatic rings. The van der Waals surface area contributed by atoms with Crippen LogP contribution in [-0.2, 0) is 9.59 Å². The Labute approximate surface area is 190 Å². The summed E-state index contributed by atoms with van der Waals surface area (Å²) in [5.74, 6) is -0.672. The van der Waals surface area contributed by atoms with Gasteiger partial charge >= 0.3 is 0 Å². The second kappa shape index (κ2) is 10.5. The molecule has 3 rings (SSSR count). The summed E-state index contributed by atoms with van der Waals surface area (Å²) in [7, 11) is 0. The van der Waals surface area contributed by atoms with Crippen molar-refractivity contribution in [1.29, 1.82) is 0 Å². The van der Waals surface area contributed by atoms with E-state index in [4.69, 9.17) is 4.74 Å². The lowest BCUT2D eigenvalue weighted by atomic mass is 9.95. The first-order chi connectivity index (χ1) is 15.4. The topological polar surface area (TPSA) is 70.1 Å². The van der Waals surface area contributed by atoms with Crippen LogP contribution in [0.4, 0.5) is 0 Å². The standard InChI is InChI=1S/C26H32N2O4/c1-5-27(6-2)16-17-28-23(19-12-14-21(15-13-19)32-18(3)4)22(25(30)26(28)31)24(29)20-10-8-7-9-11-20/h7-15,18,23,29H,5-6,16-17H2,1-4H3/b24-22+/t23-/m1/s1. The van der Waals surface area contributed by atoms with Gasteiger partial charge < -0.3 is 19.6 Å². The zero-order valence-corrected chi connectivity index (χ0v) is 19.2. The van der Waals surface area contributed by atoms with Gasteiger partial charge in [0.1, 0.15) is 11.5 Å². The van der Waals surface area contributed by atoms with Crippen LogP contribution in [0.5, 0.6) is 5.75 Å². The molecule has 0 spiro atoms. The van der Waals surface area contributed by atoms with Gasteiger partial charge in [0, 0.05) is 18.7 Å². The molecule has 0 aliphatic carbocycles. The summed E-state index contributed by atoms with van der Waals surface area (Å²) in [5.41, 5.74) is 1.40. The normalized spacial score (nSPS) is 18.1. The van der Waals surface area contributed by atoms with Crippen LogP contribution >= 0.6 is 0 Å². The lowest BCUT2D eigenvalue weighted by Crippen LogP contribution is -2.38. The van der Waals surface area contributed by atoms with E-state index in [9.17, 15) is 14.7 Å². The van der Waals surface area contributed by atoms with E-state index in [0.717, 1.165) is 18.7 Å². The Balaban J connectivity index is 2.05. The van der Waals surface area contributed by atoms with E-state index in [1.807, 2.05) is 44.2 Å². The average molecular weight is 437 g/mol. The molecular weight excluding hydrogens is 404 g/mol. The van der Waals surface area contributed by atoms with Gasteiger partial charge in [-0.3, -0.25) is 9.59 Å². The highest BCUT2D eigenvalue weighted by molar-refractivity contribution is 6.46. The van der Waals surface area contributed by atoms with Crippen molar-refractivity contribution >= 4 is 17.4 Å². The summed E-state index contributed by atoms with van der Waals surface area (Å²) in [6.45, 7) is 10.8. The molecule has 0 bridgehead atoms. The molecule has 0 radical (unpaired) electrons. The molecule has 1 heterocycles. The van der Waals surface area contributed by atoms with Crippen LogP contribution < -0.4 is 4.74 Å². The molecular formula is C26H32N2O4. The van der Waals surface area contributed by atoms with Crippen LogP contribution in [-0.4, -0.2) is 58.9 Å². The number of Topliss-reactive ketones (excluding diaryl/α,β-unsaturated/α-hetero) is 1. The maximum absolute atomic E-state index is 13.1. The Morgan fingerprint density at radius 3 is 2.22 bits per heavy atom. The van der Waals surface area contributed by atoms with Crippen LogP contribution in [0.3, 0.4) is 0 Å². The minimum atomic E-state index is -0.654. The van der Waals surface area contributed by atoms with E-state index in [1.54, 1.807) is 29.2 Å². The van der Waals surface area contributed by atoms with Gasteiger partial charge in [0.2, 0.25) is 0 Å². The van der Waals surface area contributed by atoms with Crippen molar-refractivity contribution < 1.29 is 19.4 Å². The molecule has 2 aromatic carbocycles. The van der Waals surface area contributed by atoms with Crippen LogP contribution in [0.15, 0.2) is 60.2 Å². The van der Waals surface area contributed by atoms with E-state index in [-0.39, 0.29) is 17.4 Å². The van der Waals surface area contributed by atoms with E-state index in [0.29, 0.717) is 24.4 Å². The first-order valence-electron chi connectivity index (χ1n) is 11.2. The van der Waals surface area contributed by atoms with E-state index in [2.05, 4.69) is 18.7 Å². The van der Waals surface area contributed by atoms with Crippen molar-refractivity contribution in [1.82, 2.24) is 9.80 Å². The number of hydrogen-bond donors (Lipinski definition) is 1. The number of carbonyl (C=O) groups is 2. The van der Waals surface area contributed by atoms with Crippen molar-refractivity contribution in [3.05, 3.63) is 71.3 Å². The van der Waals surface area contributed by atoms with Gasteiger partial charge in [0.15, 0.2) is 0 Å². The summed E-state index contributed by atoms with van der Waals surface area (Å²) < 4.78 is 5.74. The largest absolute Gasteiger partial charge is 0.507 e. The predicted octanol–water partition coefficient (Wildman–Crippen LogP) is 4.24. The molecule has 1 saturated heterocycles. The number of carbonyl (C=O) groups excluding carboxylic acids is 2. The number of likely N-dealkylation sites (tertiary alicyclic amines) is 1. The van der Waals surface area contributed by atoms with E-state index >= 15 is 0 Å². The third kappa shape index (κ3) is 5.02. The molecule has 1 N–H and O–H groups in total. The van der Waals surface area contributed by atoms with E-state index in [1.165, 1.54) is 0 Å². The Bertz CT molecular complexity index is 963. The Morgan fingerprint density at radius 2 is 1.66 bits per heavy atom. The SMILES string of the molecule is CCN(CC)CCN1C(=O)C(=O)/C(=C(/O)c2ccccc2)[C@H]1c1ccc(OC(C)C)cc1. The summed E-state index contributed by atoms with van der Waals surface area (Å²) in [5, 5.41) is 11.0. The fraction of sp³-hybridized carbons (Fsp3) is 0.385. The molecule has 1 aliphatic heterocycles. The lowest BCUT2D eigenvalue weighted by molar-refractivity contribution is -0.140. The molecule has 1 atom stereocenters. The number of likely N-dealkylation sites (N-methyl/N-ethyl adjacent to an activating group) is 1. The maximum Gasteiger partial charge on any atom is 0.295 e. The number of aliphatic hydroxyl groups is 1. The molecule has 6 heteroatoms. The van der Waals surface area contributed by atoms with Gasteiger partial charge in [-0.25, -0.2) is 0 Å². The second-order valence-corrected chi connectivity index (χ2v) is 8.12. The fourth-order valence-electron chi connectivity index (χ4n) is 4.00. The van der Waals surface area contributed by atoms with E-state index < -0.39 is 17.7 Å². The minimum absolute atomic E-state index is 0.0404. The first-order valence-corrected chi connectivity index (χ1v) is 11.2. The van der Waals surface area contributed by atoms with Gasteiger partial charge in [-0.2, -0.15) is 0 Å². The monoisotopic (exact) mass is 436 g/mol. The van der Waals surface area contributed by atoms with Gasteiger partial charge in [-0.05, 0) is 44.6 Å². The molecule has 6 nitrogen and oxygen atoms in total.